The Balaban J connectivity index is 2.19. The molecule has 0 radical (unpaired) electrons. The van der Waals surface area contributed by atoms with Crippen LogP contribution in [0.4, 0.5) is 0 Å². The third-order valence-electron chi connectivity index (χ3n) is 2.71. The molecule has 0 spiro atoms. The molecule has 0 heterocycles. The van der Waals surface area contributed by atoms with E-state index >= 15 is 0 Å². The van der Waals surface area contributed by atoms with Crippen molar-refractivity contribution in [2.24, 2.45) is 5.73 Å². The molecule has 0 aliphatic carbocycles. The fourth-order valence-electron chi connectivity index (χ4n) is 1.81. The zero-order valence-electron chi connectivity index (χ0n) is 10.1. The third kappa shape index (κ3) is 3.25. The van der Waals surface area contributed by atoms with Gasteiger partial charge in [0.05, 0.1) is 5.02 Å². The Morgan fingerprint density at radius 3 is 2.33 bits per heavy atom. The van der Waals surface area contributed by atoms with Crippen molar-refractivity contribution in [3.05, 3.63) is 65.2 Å². The van der Waals surface area contributed by atoms with E-state index in [0.717, 1.165) is 12.0 Å². The van der Waals surface area contributed by atoms with Crippen molar-refractivity contribution < 1.29 is 4.74 Å². The minimum absolute atomic E-state index is 0.0592. The summed E-state index contributed by atoms with van der Waals surface area (Å²) in [5.74, 6) is 0.696. The van der Waals surface area contributed by atoms with E-state index in [1.165, 1.54) is 0 Å². The maximum Gasteiger partial charge on any atom is 0.138 e. The first-order valence-electron chi connectivity index (χ1n) is 5.97. The van der Waals surface area contributed by atoms with Gasteiger partial charge in [-0.2, -0.15) is 0 Å². The molecule has 2 aromatic carbocycles. The monoisotopic (exact) mass is 261 g/mol. The molecule has 0 saturated carbocycles. The Kier molecular flexibility index (Phi) is 4.62. The molecule has 2 aromatic rings. The Labute approximate surface area is 112 Å². The highest BCUT2D eigenvalue weighted by molar-refractivity contribution is 6.32. The van der Waals surface area contributed by atoms with Gasteiger partial charge in [-0.25, -0.2) is 0 Å². The fourth-order valence-corrected chi connectivity index (χ4v) is 1.99. The van der Waals surface area contributed by atoms with Crippen LogP contribution in [0, 0.1) is 0 Å². The van der Waals surface area contributed by atoms with Crippen LogP contribution in [0.3, 0.4) is 0 Å². The standard InChI is InChI=1S/C15H16ClNO/c16-13-8-4-5-9-15(13)18-14(10-11-17)12-6-2-1-3-7-12/h1-9,14H,10-11,17H2. The Bertz CT molecular complexity index is 487. The largest absolute Gasteiger partial charge is 0.484 e. The highest BCUT2D eigenvalue weighted by Crippen LogP contribution is 2.29. The summed E-state index contributed by atoms with van der Waals surface area (Å²) >= 11 is 6.10. The highest BCUT2D eigenvalue weighted by Gasteiger charge is 2.13. The predicted octanol–water partition coefficient (Wildman–Crippen LogP) is 3.81. The summed E-state index contributed by atoms with van der Waals surface area (Å²) in [7, 11) is 0. The second kappa shape index (κ2) is 6.43. The van der Waals surface area contributed by atoms with Crippen LogP contribution in [0.25, 0.3) is 0 Å². The molecule has 0 bridgehead atoms. The van der Waals surface area contributed by atoms with Crippen molar-refractivity contribution in [3.8, 4) is 5.75 Å². The lowest BCUT2D eigenvalue weighted by Gasteiger charge is -2.19. The van der Waals surface area contributed by atoms with Gasteiger partial charge in [0.25, 0.3) is 0 Å². The Hall–Kier alpha value is -1.51. The van der Waals surface area contributed by atoms with Crippen LogP contribution in [0.1, 0.15) is 18.1 Å². The first-order chi connectivity index (χ1) is 8.81. The van der Waals surface area contributed by atoms with E-state index in [0.29, 0.717) is 17.3 Å². The molecule has 2 N–H and O–H groups in total. The van der Waals surface area contributed by atoms with Gasteiger partial charge in [-0.15, -0.1) is 0 Å². The summed E-state index contributed by atoms with van der Waals surface area (Å²) < 4.78 is 5.96. The molecule has 2 rings (SSSR count). The van der Waals surface area contributed by atoms with Crippen molar-refractivity contribution in [2.75, 3.05) is 6.54 Å². The summed E-state index contributed by atoms with van der Waals surface area (Å²) in [5.41, 5.74) is 6.76. The van der Waals surface area contributed by atoms with Crippen molar-refractivity contribution >= 4 is 11.6 Å². The van der Waals surface area contributed by atoms with E-state index < -0.39 is 0 Å². The van der Waals surface area contributed by atoms with Crippen molar-refractivity contribution in [1.29, 1.82) is 0 Å². The summed E-state index contributed by atoms with van der Waals surface area (Å²) in [5, 5.41) is 0.621. The molecule has 1 atom stereocenters. The molecule has 2 nitrogen and oxygen atoms in total. The van der Waals surface area contributed by atoms with Crippen LogP contribution in [-0.2, 0) is 0 Å². The quantitative estimate of drug-likeness (QED) is 0.888. The topological polar surface area (TPSA) is 35.2 Å². The fraction of sp³-hybridized carbons (Fsp3) is 0.200. The summed E-state index contributed by atoms with van der Waals surface area (Å²) in [6, 6.07) is 17.5. The van der Waals surface area contributed by atoms with E-state index in [1.54, 1.807) is 0 Å². The normalized spacial score (nSPS) is 12.1. The van der Waals surface area contributed by atoms with E-state index in [4.69, 9.17) is 22.1 Å². The molecule has 0 aromatic heterocycles. The molecule has 0 aliphatic heterocycles. The summed E-state index contributed by atoms with van der Waals surface area (Å²) in [4.78, 5) is 0. The smallest absolute Gasteiger partial charge is 0.138 e. The molecule has 18 heavy (non-hydrogen) atoms. The third-order valence-corrected chi connectivity index (χ3v) is 3.02. The molecule has 0 aliphatic rings. The highest BCUT2D eigenvalue weighted by atomic mass is 35.5. The summed E-state index contributed by atoms with van der Waals surface area (Å²) in [6.07, 6.45) is 0.700. The van der Waals surface area contributed by atoms with E-state index in [1.807, 2.05) is 54.6 Å². The lowest BCUT2D eigenvalue weighted by molar-refractivity contribution is 0.198. The average Bonchev–Trinajstić information content (AvgIpc) is 2.42. The number of nitrogens with two attached hydrogens (primary N) is 1. The number of hydrogen-bond acceptors (Lipinski definition) is 2. The van der Waals surface area contributed by atoms with Crippen LogP contribution in [-0.4, -0.2) is 6.54 Å². The molecule has 1 unspecified atom stereocenters. The number of para-hydroxylation sites is 1. The average molecular weight is 262 g/mol. The minimum Gasteiger partial charge on any atom is -0.484 e. The number of hydrogen-bond donors (Lipinski definition) is 1. The lowest BCUT2D eigenvalue weighted by Crippen LogP contribution is -2.13. The van der Waals surface area contributed by atoms with Crippen LogP contribution in [0.15, 0.2) is 54.6 Å². The predicted molar refractivity (Wildman–Crippen MR) is 74.9 cm³/mol. The van der Waals surface area contributed by atoms with Crippen LogP contribution < -0.4 is 10.5 Å². The van der Waals surface area contributed by atoms with E-state index in [-0.39, 0.29) is 6.10 Å². The molecular weight excluding hydrogens is 246 g/mol. The van der Waals surface area contributed by atoms with Crippen LogP contribution >= 0.6 is 11.6 Å². The van der Waals surface area contributed by atoms with E-state index in [9.17, 15) is 0 Å². The minimum atomic E-state index is -0.0592. The molecule has 0 saturated heterocycles. The maximum atomic E-state index is 6.10. The molecule has 3 heteroatoms. The molecular formula is C15H16ClNO. The second-order valence-corrected chi connectivity index (χ2v) is 4.43. The Morgan fingerprint density at radius 1 is 1.00 bits per heavy atom. The molecule has 0 fully saturated rings. The van der Waals surface area contributed by atoms with Crippen molar-refractivity contribution in [2.45, 2.75) is 12.5 Å². The molecule has 0 amide bonds. The van der Waals surface area contributed by atoms with Crippen molar-refractivity contribution in [3.63, 3.8) is 0 Å². The van der Waals surface area contributed by atoms with E-state index in [2.05, 4.69) is 0 Å². The van der Waals surface area contributed by atoms with Gasteiger partial charge in [0.15, 0.2) is 0 Å². The SMILES string of the molecule is NCCC(Oc1ccccc1Cl)c1ccccc1. The van der Waals surface area contributed by atoms with Gasteiger partial charge in [-0.1, -0.05) is 54.1 Å². The summed E-state index contributed by atoms with van der Waals surface area (Å²) in [6.45, 7) is 0.573. The van der Waals surface area contributed by atoms with Gasteiger partial charge in [0.1, 0.15) is 11.9 Å². The zero-order chi connectivity index (χ0) is 12.8. The van der Waals surface area contributed by atoms with Gasteiger partial charge < -0.3 is 10.5 Å². The molecule has 94 valence electrons. The zero-order valence-corrected chi connectivity index (χ0v) is 10.8. The van der Waals surface area contributed by atoms with Gasteiger partial charge >= 0.3 is 0 Å². The first kappa shape index (κ1) is 12.9. The van der Waals surface area contributed by atoms with Crippen LogP contribution in [0.2, 0.25) is 5.02 Å². The van der Waals surface area contributed by atoms with Crippen LogP contribution in [0.5, 0.6) is 5.75 Å². The van der Waals surface area contributed by atoms with Crippen molar-refractivity contribution in [1.82, 2.24) is 0 Å². The number of ether oxygens (including phenoxy) is 1. The number of rotatable bonds is 5. The lowest BCUT2D eigenvalue weighted by atomic mass is 10.1. The van der Waals surface area contributed by atoms with Gasteiger partial charge in [-0.3, -0.25) is 0 Å². The van der Waals surface area contributed by atoms with Gasteiger partial charge in [-0.05, 0) is 24.2 Å². The van der Waals surface area contributed by atoms with Gasteiger partial charge in [0, 0.05) is 6.42 Å². The number of halogens is 1. The first-order valence-corrected chi connectivity index (χ1v) is 6.35. The van der Waals surface area contributed by atoms with Gasteiger partial charge in [0.2, 0.25) is 0 Å². The maximum absolute atomic E-state index is 6.10. The Morgan fingerprint density at radius 2 is 1.67 bits per heavy atom. The number of benzene rings is 2. The second-order valence-electron chi connectivity index (χ2n) is 4.02.